The number of hydrogen-bond donors (Lipinski definition) is 1. The molecule has 2 aliphatic rings. The van der Waals surface area contributed by atoms with Gasteiger partial charge in [0.25, 0.3) is 16.0 Å². The lowest BCUT2D eigenvalue weighted by molar-refractivity contribution is -0.121. The van der Waals surface area contributed by atoms with Crippen LogP contribution in [0.5, 0.6) is 5.75 Å². The summed E-state index contributed by atoms with van der Waals surface area (Å²) in [4.78, 5) is 17.7. The molecule has 1 aromatic carbocycles. The smallest absolute Gasteiger partial charge is 0.269 e. The Bertz CT molecular complexity index is 1010. The van der Waals surface area contributed by atoms with Crippen LogP contribution in [0, 0.1) is 0 Å². The molecule has 3 rings (SSSR count). The summed E-state index contributed by atoms with van der Waals surface area (Å²) in [6.07, 6.45) is 1.80. The predicted molar refractivity (Wildman–Crippen MR) is 121 cm³/mol. The number of hydrogen-bond acceptors (Lipinski definition) is 8. The van der Waals surface area contributed by atoms with Crippen LogP contribution in [0.4, 0.5) is 5.69 Å². The Kier molecular flexibility index (Phi) is 6.64. The third-order valence-corrected chi connectivity index (χ3v) is 8.53. The van der Waals surface area contributed by atoms with Crippen molar-refractivity contribution in [3.05, 3.63) is 40.8 Å². The normalized spacial score (nSPS) is 20.2. The Morgan fingerprint density at radius 1 is 1.34 bits per heavy atom. The largest absolute Gasteiger partial charge is 0.497 e. The van der Waals surface area contributed by atoms with Gasteiger partial charge in [0, 0.05) is 24.1 Å². The molecule has 0 saturated carbocycles. The zero-order valence-electron chi connectivity index (χ0n) is 15.8. The van der Waals surface area contributed by atoms with Crippen molar-refractivity contribution in [1.82, 2.24) is 4.90 Å². The average Bonchev–Trinajstić information content (AvgIpc) is 3.16. The molecule has 29 heavy (non-hydrogen) atoms. The molecular formula is C18H20N2O5S4. The third-order valence-electron chi connectivity index (χ3n) is 4.53. The van der Waals surface area contributed by atoms with E-state index in [2.05, 4.69) is 6.58 Å². The maximum Gasteiger partial charge on any atom is 0.269 e. The summed E-state index contributed by atoms with van der Waals surface area (Å²) in [6.45, 7) is 5.74. The molecule has 1 fully saturated rings. The molecule has 0 aromatic heterocycles. The fraction of sp³-hybridized carbons (Fsp3) is 0.333. The van der Waals surface area contributed by atoms with Gasteiger partial charge in [-0.25, -0.2) is 0 Å². The van der Waals surface area contributed by atoms with Crippen molar-refractivity contribution in [2.24, 2.45) is 0 Å². The number of carbonyl (C=O) groups excluding carboxylic acids is 1. The van der Waals surface area contributed by atoms with E-state index < -0.39 is 15.4 Å². The highest BCUT2D eigenvalue weighted by Crippen LogP contribution is 2.51. The first kappa shape index (κ1) is 22.2. The second kappa shape index (κ2) is 8.68. The number of ether oxygens (including phenoxy) is 1. The summed E-state index contributed by atoms with van der Waals surface area (Å²) in [7, 11) is -2.58. The lowest BCUT2D eigenvalue weighted by Gasteiger charge is -2.23. The highest BCUT2D eigenvalue weighted by molar-refractivity contribution is 8.27. The first-order chi connectivity index (χ1) is 13.7. The molecule has 156 valence electrons. The summed E-state index contributed by atoms with van der Waals surface area (Å²) < 4.78 is 38.0. The van der Waals surface area contributed by atoms with Crippen molar-refractivity contribution in [2.45, 2.75) is 23.5 Å². The summed E-state index contributed by atoms with van der Waals surface area (Å²) in [5.74, 6) is 0.452. The van der Waals surface area contributed by atoms with Crippen molar-refractivity contribution in [2.75, 3.05) is 25.1 Å². The van der Waals surface area contributed by atoms with E-state index in [-0.39, 0.29) is 12.3 Å². The second-order valence-corrected chi connectivity index (χ2v) is 10.9. The maximum absolute atomic E-state index is 12.9. The van der Waals surface area contributed by atoms with Crippen LogP contribution in [0.2, 0.25) is 0 Å². The van der Waals surface area contributed by atoms with Gasteiger partial charge < -0.3 is 9.64 Å². The van der Waals surface area contributed by atoms with E-state index in [1.54, 1.807) is 13.2 Å². The van der Waals surface area contributed by atoms with Gasteiger partial charge in [0.1, 0.15) is 20.0 Å². The number of rotatable bonds is 7. The van der Waals surface area contributed by atoms with E-state index in [4.69, 9.17) is 17.0 Å². The number of nitrogens with zero attached hydrogens (tertiary/aromatic N) is 2. The van der Waals surface area contributed by atoms with Gasteiger partial charge in [-0.3, -0.25) is 14.2 Å². The summed E-state index contributed by atoms with van der Waals surface area (Å²) >= 11 is 7.99. The summed E-state index contributed by atoms with van der Waals surface area (Å²) in [5.41, 5.74) is 0.820. The molecule has 0 radical (unpaired) electrons. The Labute approximate surface area is 183 Å². The first-order valence-corrected chi connectivity index (χ1v) is 12.2. The minimum absolute atomic E-state index is 0.187. The van der Waals surface area contributed by atoms with E-state index >= 15 is 0 Å². The van der Waals surface area contributed by atoms with Gasteiger partial charge in [-0.05, 0) is 25.5 Å². The fourth-order valence-electron chi connectivity index (χ4n) is 2.85. The predicted octanol–water partition coefficient (Wildman–Crippen LogP) is 3.49. The highest BCUT2D eigenvalue weighted by Gasteiger charge is 2.39. The van der Waals surface area contributed by atoms with Crippen molar-refractivity contribution in [1.29, 1.82) is 0 Å². The molecule has 1 amide bonds. The zero-order chi connectivity index (χ0) is 21.3. The molecule has 0 spiro atoms. The van der Waals surface area contributed by atoms with Crippen LogP contribution < -0.4 is 9.64 Å². The van der Waals surface area contributed by atoms with Crippen LogP contribution in [-0.2, 0) is 14.9 Å². The summed E-state index contributed by atoms with van der Waals surface area (Å²) in [6, 6.07) is 5.57. The molecular weight excluding hydrogens is 452 g/mol. The summed E-state index contributed by atoms with van der Waals surface area (Å²) in [5, 5.41) is -0.238. The van der Waals surface area contributed by atoms with Crippen LogP contribution in [0.25, 0.3) is 0 Å². The van der Waals surface area contributed by atoms with Crippen LogP contribution >= 0.6 is 35.7 Å². The van der Waals surface area contributed by atoms with E-state index in [9.17, 15) is 17.8 Å². The lowest BCUT2D eigenvalue weighted by atomic mass is 10.2. The zero-order valence-corrected chi connectivity index (χ0v) is 19.1. The molecule has 0 aliphatic carbocycles. The number of thioether (sulfide) groups is 2. The molecule has 1 atom stereocenters. The Morgan fingerprint density at radius 2 is 2.07 bits per heavy atom. The number of methoxy groups -OCH3 is 1. The Morgan fingerprint density at radius 3 is 2.69 bits per heavy atom. The number of amides is 1. The number of thiocarbonyl (C=S) groups is 1. The Hall–Kier alpha value is -1.53. The van der Waals surface area contributed by atoms with Gasteiger partial charge >= 0.3 is 0 Å². The first-order valence-electron chi connectivity index (χ1n) is 8.66. The number of carbonyl (C=O) groups is 1. The average molecular weight is 473 g/mol. The van der Waals surface area contributed by atoms with Crippen molar-refractivity contribution in [3.63, 3.8) is 0 Å². The van der Waals surface area contributed by atoms with Crippen molar-refractivity contribution < 1.29 is 22.5 Å². The van der Waals surface area contributed by atoms with Crippen LogP contribution in [-0.4, -0.2) is 53.5 Å². The Balaban J connectivity index is 2.00. The van der Waals surface area contributed by atoms with E-state index in [0.717, 1.165) is 10.6 Å². The molecule has 11 heteroatoms. The molecule has 1 unspecified atom stereocenters. The van der Waals surface area contributed by atoms with Gasteiger partial charge in [-0.1, -0.05) is 41.8 Å². The molecule has 7 nitrogen and oxygen atoms in total. The van der Waals surface area contributed by atoms with E-state index in [1.807, 2.05) is 23.1 Å². The molecule has 2 aliphatic heterocycles. The fourth-order valence-corrected chi connectivity index (χ4v) is 5.85. The lowest BCUT2D eigenvalue weighted by Crippen LogP contribution is -2.30. The standard InChI is InChI=1S/C18H20N2O5S4/c1-4-8-20-16(21)15(28-18(20)26)17-19(9-7-11(2)29(22,23)24)13-10-12(25-3)5-6-14(13)27-17/h4-6,10-11H,1,7-9H2,2-3H3,(H,22,23,24). The quantitative estimate of drug-likeness (QED) is 0.277. The van der Waals surface area contributed by atoms with Gasteiger partial charge in [-0.2, -0.15) is 8.42 Å². The minimum atomic E-state index is -4.14. The highest BCUT2D eigenvalue weighted by atomic mass is 32.2. The monoisotopic (exact) mass is 472 g/mol. The van der Waals surface area contributed by atoms with Crippen molar-refractivity contribution in [3.8, 4) is 5.75 Å². The van der Waals surface area contributed by atoms with Crippen molar-refractivity contribution >= 4 is 61.8 Å². The van der Waals surface area contributed by atoms with E-state index in [1.165, 1.54) is 35.3 Å². The third kappa shape index (κ3) is 4.48. The molecule has 1 aromatic rings. The van der Waals surface area contributed by atoms with Crippen LogP contribution in [0.1, 0.15) is 13.3 Å². The molecule has 1 N–H and O–H groups in total. The van der Waals surface area contributed by atoms with Crippen LogP contribution in [0.3, 0.4) is 0 Å². The van der Waals surface area contributed by atoms with E-state index in [0.29, 0.717) is 33.1 Å². The SMILES string of the molecule is C=CCN1C(=O)C(=C2Sc3ccc(OC)cc3N2CCC(C)S(=O)(=O)O)SC1=S. The van der Waals surface area contributed by atoms with Gasteiger partial charge in [0.2, 0.25) is 0 Å². The van der Waals surface area contributed by atoms with Gasteiger partial charge in [0.05, 0.1) is 18.0 Å². The number of anilines is 1. The maximum atomic E-state index is 12.9. The molecule has 1 saturated heterocycles. The number of benzene rings is 1. The van der Waals surface area contributed by atoms with Crippen LogP contribution in [0.15, 0.2) is 45.7 Å². The molecule has 0 bridgehead atoms. The minimum Gasteiger partial charge on any atom is -0.497 e. The number of fused-ring (bicyclic) bond motifs is 1. The molecule has 2 heterocycles. The van der Waals surface area contributed by atoms with Gasteiger partial charge in [0.15, 0.2) is 0 Å². The second-order valence-electron chi connectivity index (χ2n) is 6.41. The van der Waals surface area contributed by atoms with Gasteiger partial charge in [-0.15, -0.1) is 6.58 Å². The topological polar surface area (TPSA) is 87.2 Å².